The summed E-state index contributed by atoms with van der Waals surface area (Å²) in [6.07, 6.45) is -0.181. The Bertz CT molecular complexity index is 432. The molecule has 0 bridgehead atoms. The van der Waals surface area contributed by atoms with Crippen LogP contribution in [0, 0.1) is 0 Å². The third-order valence-electron chi connectivity index (χ3n) is 2.26. The number of methoxy groups -OCH3 is 1. The Labute approximate surface area is 97.8 Å². The van der Waals surface area contributed by atoms with Crippen LogP contribution in [-0.4, -0.2) is 25.3 Å². The van der Waals surface area contributed by atoms with E-state index in [0.717, 1.165) is 7.11 Å². The third kappa shape index (κ3) is 3.46. The van der Waals surface area contributed by atoms with Crippen LogP contribution in [0.5, 0.6) is 0 Å². The van der Waals surface area contributed by atoms with Gasteiger partial charge >= 0.3 is 5.97 Å². The first-order valence-corrected chi connectivity index (χ1v) is 4.94. The number of nitrogens with zero attached hydrogens (tertiary/aromatic N) is 3. The van der Waals surface area contributed by atoms with Crippen molar-refractivity contribution >= 4 is 5.97 Å². The zero-order valence-corrected chi connectivity index (χ0v) is 9.34. The Morgan fingerprint density at radius 3 is 2.71 bits per heavy atom. The van der Waals surface area contributed by atoms with E-state index >= 15 is 0 Å². The van der Waals surface area contributed by atoms with Crippen LogP contribution in [0.3, 0.4) is 0 Å². The molecular weight excluding hydrogens is 225 g/mol. The topological polar surface area (TPSA) is 75.1 Å². The van der Waals surface area contributed by atoms with E-state index in [1.54, 1.807) is 30.3 Å². The first kappa shape index (κ1) is 13.0. The number of rotatable bonds is 5. The fourth-order valence-corrected chi connectivity index (χ4v) is 1.44. The van der Waals surface area contributed by atoms with Gasteiger partial charge in [-0.15, -0.1) is 0 Å². The largest absolute Gasteiger partial charge is 0.467 e. The van der Waals surface area contributed by atoms with Gasteiger partial charge in [0.1, 0.15) is 0 Å². The lowest BCUT2D eigenvalue weighted by atomic mass is 9.96. The zero-order valence-electron chi connectivity index (χ0n) is 9.34. The maximum absolute atomic E-state index is 14.3. The molecule has 0 heterocycles. The fraction of sp³-hybridized carbons (Fsp3) is 0.364. The number of hydrogen-bond donors (Lipinski definition) is 0. The number of carbonyl (C=O) groups excluding carboxylic acids is 1. The highest BCUT2D eigenvalue weighted by atomic mass is 19.1. The first-order chi connectivity index (χ1) is 8.12. The Morgan fingerprint density at radius 1 is 1.53 bits per heavy atom. The standard InChI is InChI=1S/C11H12FN3O2/c1-17-10(16)11(12,8-14-15-13)7-9-5-3-2-4-6-9/h2-6H,7-8H2,1H3/t11-/m0/s1. The lowest BCUT2D eigenvalue weighted by molar-refractivity contribution is -0.153. The Kier molecular flexibility index (Phi) is 4.48. The summed E-state index contributed by atoms with van der Waals surface area (Å²) >= 11 is 0. The van der Waals surface area contributed by atoms with Gasteiger partial charge in [0.05, 0.1) is 13.7 Å². The summed E-state index contributed by atoms with van der Waals surface area (Å²) in [7, 11) is 1.09. The highest BCUT2D eigenvalue weighted by molar-refractivity contribution is 5.80. The predicted octanol–water partition coefficient (Wildman–Crippen LogP) is 2.42. The monoisotopic (exact) mass is 237 g/mol. The molecule has 0 radical (unpaired) electrons. The second-order valence-electron chi connectivity index (χ2n) is 3.51. The van der Waals surface area contributed by atoms with E-state index in [-0.39, 0.29) is 6.42 Å². The summed E-state index contributed by atoms with van der Waals surface area (Å²) in [6.45, 7) is -0.578. The molecular formula is C11H12FN3O2. The number of benzene rings is 1. The normalized spacial score (nSPS) is 13.3. The van der Waals surface area contributed by atoms with Crippen molar-refractivity contribution in [1.82, 2.24) is 0 Å². The molecule has 1 rings (SSSR count). The van der Waals surface area contributed by atoms with Crippen LogP contribution < -0.4 is 0 Å². The molecule has 0 aromatic heterocycles. The number of esters is 1. The van der Waals surface area contributed by atoms with Crippen LogP contribution in [0.25, 0.3) is 10.4 Å². The van der Waals surface area contributed by atoms with Gasteiger partial charge in [0.25, 0.3) is 0 Å². The molecule has 0 aliphatic carbocycles. The van der Waals surface area contributed by atoms with E-state index in [0.29, 0.717) is 5.56 Å². The van der Waals surface area contributed by atoms with E-state index in [2.05, 4.69) is 14.8 Å². The summed E-state index contributed by atoms with van der Waals surface area (Å²) in [5.74, 6) is -1.03. The molecule has 1 aromatic rings. The molecule has 0 aliphatic rings. The van der Waals surface area contributed by atoms with Crippen LogP contribution in [0.1, 0.15) is 5.56 Å². The van der Waals surface area contributed by atoms with Crippen molar-refractivity contribution in [1.29, 1.82) is 0 Å². The molecule has 0 amide bonds. The number of alkyl halides is 1. The summed E-state index contributed by atoms with van der Waals surface area (Å²) < 4.78 is 18.7. The molecule has 0 saturated heterocycles. The van der Waals surface area contributed by atoms with Crippen LogP contribution in [0.15, 0.2) is 35.4 Å². The fourth-order valence-electron chi connectivity index (χ4n) is 1.44. The van der Waals surface area contributed by atoms with E-state index in [1.807, 2.05) is 0 Å². The first-order valence-electron chi connectivity index (χ1n) is 4.94. The van der Waals surface area contributed by atoms with Gasteiger partial charge in [-0.3, -0.25) is 0 Å². The molecule has 90 valence electrons. The van der Waals surface area contributed by atoms with Crippen molar-refractivity contribution in [2.75, 3.05) is 13.7 Å². The van der Waals surface area contributed by atoms with Gasteiger partial charge in [-0.05, 0) is 11.1 Å². The number of carbonyl (C=O) groups is 1. The maximum Gasteiger partial charge on any atom is 0.344 e. The van der Waals surface area contributed by atoms with E-state index < -0.39 is 18.2 Å². The van der Waals surface area contributed by atoms with Crippen molar-refractivity contribution in [3.05, 3.63) is 46.3 Å². The van der Waals surface area contributed by atoms with Gasteiger partial charge < -0.3 is 4.74 Å². The third-order valence-corrected chi connectivity index (χ3v) is 2.26. The van der Waals surface area contributed by atoms with Crippen LogP contribution in [-0.2, 0) is 16.0 Å². The molecule has 17 heavy (non-hydrogen) atoms. The second-order valence-corrected chi connectivity index (χ2v) is 3.51. The van der Waals surface area contributed by atoms with Gasteiger partial charge in [-0.1, -0.05) is 35.4 Å². The smallest absolute Gasteiger partial charge is 0.344 e. The van der Waals surface area contributed by atoms with Crippen LogP contribution in [0.2, 0.25) is 0 Å². The molecule has 0 spiro atoms. The Morgan fingerprint density at radius 2 is 2.18 bits per heavy atom. The summed E-state index contributed by atoms with van der Waals surface area (Å²) in [6, 6.07) is 8.64. The molecule has 0 saturated carbocycles. The zero-order chi connectivity index (χ0) is 12.7. The number of ether oxygens (including phenoxy) is 1. The minimum Gasteiger partial charge on any atom is -0.467 e. The van der Waals surface area contributed by atoms with Gasteiger partial charge in [0.15, 0.2) is 0 Å². The number of hydrogen-bond acceptors (Lipinski definition) is 3. The quantitative estimate of drug-likeness (QED) is 0.341. The van der Waals surface area contributed by atoms with Crippen molar-refractivity contribution in [3.63, 3.8) is 0 Å². The molecule has 0 unspecified atom stereocenters. The molecule has 5 nitrogen and oxygen atoms in total. The second kappa shape index (κ2) is 5.86. The lowest BCUT2D eigenvalue weighted by Crippen LogP contribution is -2.40. The lowest BCUT2D eigenvalue weighted by Gasteiger charge is -2.20. The average molecular weight is 237 g/mol. The van der Waals surface area contributed by atoms with Crippen molar-refractivity contribution < 1.29 is 13.9 Å². The molecule has 1 atom stereocenters. The van der Waals surface area contributed by atoms with E-state index in [9.17, 15) is 9.18 Å². The summed E-state index contributed by atoms with van der Waals surface area (Å²) in [5, 5.41) is 3.11. The van der Waals surface area contributed by atoms with Gasteiger partial charge in [0.2, 0.25) is 5.67 Å². The van der Waals surface area contributed by atoms with Crippen LogP contribution >= 0.6 is 0 Å². The van der Waals surface area contributed by atoms with Crippen molar-refractivity contribution in [2.45, 2.75) is 12.1 Å². The predicted molar refractivity (Wildman–Crippen MR) is 60.0 cm³/mol. The van der Waals surface area contributed by atoms with Gasteiger partial charge in [-0.25, -0.2) is 9.18 Å². The van der Waals surface area contributed by atoms with E-state index in [4.69, 9.17) is 5.53 Å². The minimum absolute atomic E-state index is 0.181. The number of azide groups is 1. The summed E-state index contributed by atoms with van der Waals surface area (Å²) in [5.41, 5.74) is 6.51. The number of halogens is 1. The Balaban J connectivity index is 2.91. The van der Waals surface area contributed by atoms with Crippen molar-refractivity contribution in [3.8, 4) is 0 Å². The molecule has 1 aromatic carbocycles. The van der Waals surface area contributed by atoms with Crippen LogP contribution in [0.4, 0.5) is 4.39 Å². The summed E-state index contributed by atoms with van der Waals surface area (Å²) in [4.78, 5) is 13.8. The SMILES string of the molecule is COC(=O)[C@@](F)(CN=[N+]=[N-])Cc1ccccc1. The van der Waals surface area contributed by atoms with E-state index in [1.165, 1.54) is 0 Å². The minimum atomic E-state index is -2.32. The van der Waals surface area contributed by atoms with Crippen molar-refractivity contribution in [2.24, 2.45) is 5.11 Å². The highest BCUT2D eigenvalue weighted by Crippen LogP contribution is 2.20. The average Bonchev–Trinajstić information content (AvgIpc) is 2.36. The highest BCUT2D eigenvalue weighted by Gasteiger charge is 2.39. The Hall–Kier alpha value is -2.07. The molecule has 6 heteroatoms. The molecule has 0 fully saturated rings. The molecule has 0 aliphatic heterocycles. The van der Waals surface area contributed by atoms with Gasteiger partial charge in [0, 0.05) is 11.3 Å². The maximum atomic E-state index is 14.3. The molecule has 0 N–H and O–H groups in total. The van der Waals surface area contributed by atoms with Gasteiger partial charge in [-0.2, -0.15) is 0 Å².